The van der Waals surface area contributed by atoms with Gasteiger partial charge in [-0.2, -0.15) is 11.8 Å². The number of nitrogens with zero attached hydrogens (tertiary/aromatic N) is 1. The number of hydrogen-bond acceptors (Lipinski definition) is 2. The topological polar surface area (TPSA) is 3.24 Å². The second-order valence-corrected chi connectivity index (χ2v) is 6.51. The Bertz CT molecular complexity index is 394. The Morgan fingerprint density at radius 3 is 2.82 bits per heavy atom. The monoisotopic (exact) mass is 269 g/mol. The van der Waals surface area contributed by atoms with Crippen LogP contribution in [0.15, 0.2) is 18.2 Å². The molecule has 0 radical (unpaired) electrons. The molecule has 2 unspecified atom stereocenters. The van der Waals surface area contributed by atoms with Gasteiger partial charge in [0.1, 0.15) is 0 Å². The minimum Gasteiger partial charge on any atom is -0.367 e. The second kappa shape index (κ2) is 5.53. The zero-order valence-corrected chi connectivity index (χ0v) is 12.3. The van der Waals surface area contributed by atoms with Gasteiger partial charge in [-0.3, -0.25) is 0 Å². The van der Waals surface area contributed by atoms with Crippen LogP contribution in [0.4, 0.5) is 5.69 Å². The first kappa shape index (κ1) is 13.1. The van der Waals surface area contributed by atoms with E-state index in [1.54, 1.807) is 0 Å². The van der Waals surface area contributed by atoms with Crippen LogP contribution in [-0.2, 0) is 5.88 Å². The van der Waals surface area contributed by atoms with Gasteiger partial charge in [0, 0.05) is 35.2 Å². The molecular formula is C14H20ClNS. The Morgan fingerprint density at radius 1 is 1.41 bits per heavy atom. The first-order chi connectivity index (χ1) is 8.13. The lowest BCUT2D eigenvalue weighted by atomic mass is 10.1. The largest absolute Gasteiger partial charge is 0.367 e. The van der Waals surface area contributed by atoms with E-state index in [9.17, 15) is 0 Å². The smallest absolute Gasteiger partial charge is 0.0476 e. The molecule has 94 valence electrons. The van der Waals surface area contributed by atoms with Gasteiger partial charge in [-0.05, 0) is 37.1 Å². The van der Waals surface area contributed by atoms with Crippen molar-refractivity contribution in [3.63, 3.8) is 0 Å². The van der Waals surface area contributed by atoms with E-state index in [0.717, 1.165) is 6.54 Å². The fourth-order valence-electron chi connectivity index (χ4n) is 2.31. The van der Waals surface area contributed by atoms with Gasteiger partial charge in [0.25, 0.3) is 0 Å². The van der Waals surface area contributed by atoms with E-state index in [0.29, 0.717) is 17.2 Å². The zero-order chi connectivity index (χ0) is 12.4. The maximum absolute atomic E-state index is 5.91. The molecule has 1 aliphatic heterocycles. The lowest BCUT2D eigenvalue weighted by Gasteiger charge is -2.39. The molecule has 0 N–H and O–H groups in total. The molecule has 2 atom stereocenters. The van der Waals surface area contributed by atoms with Gasteiger partial charge in [0.2, 0.25) is 0 Å². The number of benzene rings is 1. The third kappa shape index (κ3) is 2.74. The van der Waals surface area contributed by atoms with Crippen LogP contribution < -0.4 is 4.90 Å². The molecule has 0 amide bonds. The number of halogens is 1. The minimum absolute atomic E-state index is 0.605. The van der Waals surface area contributed by atoms with Gasteiger partial charge in [-0.1, -0.05) is 13.0 Å². The van der Waals surface area contributed by atoms with Crippen LogP contribution in [-0.4, -0.2) is 23.6 Å². The number of thioether (sulfide) groups is 1. The molecule has 1 aromatic carbocycles. The van der Waals surface area contributed by atoms with Crippen LogP contribution in [0.1, 0.15) is 25.0 Å². The van der Waals surface area contributed by atoms with Crippen molar-refractivity contribution in [2.24, 2.45) is 0 Å². The van der Waals surface area contributed by atoms with Crippen molar-refractivity contribution in [2.45, 2.75) is 37.9 Å². The second-order valence-electron chi connectivity index (χ2n) is 4.75. The summed E-state index contributed by atoms with van der Waals surface area (Å²) in [5.74, 6) is 1.83. The van der Waals surface area contributed by atoms with Gasteiger partial charge in [-0.25, -0.2) is 0 Å². The summed E-state index contributed by atoms with van der Waals surface area (Å²) in [6.45, 7) is 7.94. The highest BCUT2D eigenvalue weighted by molar-refractivity contribution is 8.00. The summed E-state index contributed by atoms with van der Waals surface area (Å²) in [7, 11) is 0. The molecule has 17 heavy (non-hydrogen) atoms. The Kier molecular flexibility index (Phi) is 4.26. The summed E-state index contributed by atoms with van der Waals surface area (Å²) in [5.41, 5.74) is 3.88. The molecule has 0 aromatic heterocycles. The highest BCUT2D eigenvalue weighted by atomic mass is 35.5. The lowest BCUT2D eigenvalue weighted by Crippen LogP contribution is -2.44. The highest BCUT2D eigenvalue weighted by Gasteiger charge is 2.25. The normalized spacial score (nSPS) is 25.1. The van der Waals surface area contributed by atoms with E-state index in [2.05, 4.69) is 55.6 Å². The number of aryl methyl sites for hydroxylation is 1. The quantitative estimate of drug-likeness (QED) is 0.745. The number of anilines is 1. The number of alkyl halides is 1. The molecule has 0 bridgehead atoms. The highest BCUT2D eigenvalue weighted by Crippen LogP contribution is 2.30. The molecule has 1 nitrogen and oxygen atoms in total. The van der Waals surface area contributed by atoms with E-state index in [-0.39, 0.29) is 0 Å². The van der Waals surface area contributed by atoms with Crippen LogP contribution in [0.25, 0.3) is 0 Å². The van der Waals surface area contributed by atoms with Crippen molar-refractivity contribution < 1.29 is 0 Å². The average molecular weight is 270 g/mol. The van der Waals surface area contributed by atoms with Gasteiger partial charge in [0.05, 0.1) is 0 Å². The van der Waals surface area contributed by atoms with E-state index in [1.165, 1.54) is 22.6 Å². The fourth-order valence-corrected chi connectivity index (χ4v) is 3.71. The summed E-state index contributed by atoms with van der Waals surface area (Å²) in [5, 5.41) is 0.705. The van der Waals surface area contributed by atoms with Crippen molar-refractivity contribution in [1.82, 2.24) is 0 Å². The molecule has 0 saturated carbocycles. The summed E-state index contributed by atoms with van der Waals surface area (Å²) in [4.78, 5) is 2.52. The first-order valence-corrected chi connectivity index (χ1v) is 7.75. The van der Waals surface area contributed by atoms with Gasteiger partial charge < -0.3 is 4.90 Å². The average Bonchev–Trinajstić information content (AvgIpc) is 2.32. The number of rotatable bonds is 2. The van der Waals surface area contributed by atoms with E-state index >= 15 is 0 Å². The summed E-state index contributed by atoms with van der Waals surface area (Å²) in [6, 6.07) is 7.26. The molecule has 3 heteroatoms. The molecule has 1 saturated heterocycles. The molecule has 1 aliphatic rings. The van der Waals surface area contributed by atoms with Crippen molar-refractivity contribution in [3.05, 3.63) is 29.3 Å². The molecule has 0 spiro atoms. The maximum Gasteiger partial charge on any atom is 0.0476 e. The molecular weight excluding hydrogens is 250 g/mol. The van der Waals surface area contributed by atoms with Crippen molar-refractivity contribution in [2.75, 3.05) is 17.2 Å². The summed E-state index contributed by atoms with van der Waals surface area (Å²) >= 11 is 7.98. The SMILES string of the molecule is Cc1cc(N2CCSC(C)C2C)ccc1CCl. The Labute approximate surface area is 114 Å². The molecule has 1 aromatic rings. The zero-order valence-electron chi connectivity index (χ0n) is 10.7. The van der Waals surface area contributed by atoms with Crippen molar-refractivity contribution in [3.8, 4) is 0 Å². The summed E-state index contributed by atoms with van der Waals surface area (Å²) < 4.78 is 0. The molecule has 1 fully saturated rings. The fraction of sp³-hybridized carbons (Fsp3) is 0.571. The molecule has 1 heterocycles. The predicted molar refractivity (Wildman–Crippen MR) is 79.5 cm³/mol. The Morgan fingerprint density at radius 2 is 2.18 bits per heavy atom. The van der Waals surface area contributed by atoms with Gasteiger partial charge in [-0.15, -0.1) is 11.6 Å². The van der Waals surface area contributed by atoms with Crippen LogP contribution in [0.3, 0.4) is 0 Å². The Balaban J connectivity index is 2.24. The van der Waals surface area contributed by atoms with Crippen LogP contribution in [0, 0.1) is 6.92 Å². The van der Waals surface area contributed by atoms with Crippen LogP contribution in [0.2, 0.25) is 0 Å². The lowest BCUT2D eigenvalue weighted by molar-refractivity contribution is 0.627. The first-order valence-electron chi connectivity index (χ1n) is 6.17. The summed E-state index contributed by atoms with van der Waals surface area (Å²) in [6.07, 6.45) is 0. The minimum atomic E-state index is 0.605. The molecule has 2 rings (SSSR count). The van der Waals surface area contributed by atoms with Crippen molar-refractivity contribution in [1.29, 1.82) is 0 Å². The maximum atomic E-state index is 5.91. The van der Waals surface area contributed by atoms with Gasteiger partial charge >= 0.3 is 0 Å². The Hall–Kier alpha value is -0.340. The predicted octanol–water partition coefficient (Wildman–Crippen LogP) is 4.06. The van der Waals surface area contributed by atoms with Crippen LogP contribution in [0.5, 0.6) is 0 Å². The third-order valence-electron chi connectivity index (χ3n) is 3.69. The van der Waals surface area contributed by atoms with E-state index < -0.39 is 0 Å². The number of hydrogen-bond donors (Lipinski definition) is 0. The molecule has 0 aliphatic carbocycles. The van der Waals surface area contributed by atoms with E-state index in [4.69, 9.17) is 11.6 Å². The van der Waals surface area contributed by atoms with Crippen LogP contribution >= 0.6 is 23.4 Å². The third-order valence-corrected chi connectivity index (χ3v) is 5.31. The van der Waals surface area contributed by atoms with Crippen molar-refractivity contribution >= 4 is 29.1 Å². The standard InChI is InChI=1S/C14H20ClNS/c1-10-8-14(5-4-13(10)9-15)16-6-7-17-12(3)11(16)2/h4-5,8,11-12H,6-7,9H2,1-3H3. The van der Waals surface area contributed by atoms with E-state index in [1.807, 2.05) is 0 Å². The van der Waals surface area contributed by atoms with Gasteiger partial charge in [0.15, 0.2) is 0 Å².